The fraction of sp³-hybridized carbons (Fsp3) is 0.583. The lowest BCUT2D eigenvalue weighted by molar-refractivity contribution is 0.0226. The van der Waals surface area contributed by atoms with E-state index in [1.165, 1.54) is 43.4 Å². The van der Waals surface area contributed by atoms with E-state index < -0.39 is 0 Å². The van der Waals surface area contributed by atoms with E-state index in [0.717, 1.165) is 42.2 Å². The molecule has 0 bridgehead atoms. The fourth-order valence-electron chi connectivity index (χ4n) is 4.59. The largest absolute Gasteiger partial charge is 0.497 e. The Morgan fingerprint density at radius 1 is 1.13 bits per heavy atom. The Bertz CT molecular complexity index is 889. The molecular weight excluding hydrogens is 392 g/mol. The minimum absolute atomic E-state index is 0.196. The van der Waals surface area contributed by atoms with Gasteiger partial charge in [0.05, 0.1) is 7.11 Å². The second-order valence-corrected chi connectivity index (χ2v) is 8.42. The molecule has 7 nitrogen and oxygen atoms in total. The van der Waals surface area contributed by atoms with E-state index >= 15 is 0 Å². The van der Waals surface area contributed by atoms with Crippen LogP contribution in [0.25, 0.3) is 11.3 Å². The first-order chi connectivity index (χ1) is 15.2. The summed E-state index contributed by atoms with van der Waals surface area (Å²) in [7, 11) is 3.84. The molecule has 1 aromatic heterocycles. The van der Waals surface area contributed by atoms with Crippen molar-refractivity contribution in [1.29, 1.82) is 0 Å². The van der Waals surface area contributed by atoms with Crippen molar-refractivity contribution in [2.75, 3.05) is 46.0 Å². The van der Waals surface area contributed by atoms with Crippen molar-refractivity contribution in [3.63, 3.8) is 0 Å². The number of likely N-dealkylation sites (tertiary alicyclic amines) is 1. The van der Waals surface area contributed by atoms with E-state index in [2.05, 4.69) is 22.4 Å². The summed E-state index contributed by atoms with van der Waals surface area (Å²) in [4.78, 5) is 2.38. The molecule has 0 amide bonds. The highest BCUT2D eigenvalue weighted by Crippen LogP contribution is 2.39. The lowest BCUT2D eigenvalue weighted by Crippen LogP contribution is -2.40. The van der Waals surface area contributed by atoms with Gasteiger partial charge in [0.25, 0.3) is 0 Å². The third-order valence-electron chi connectivity index (χ3n) is 6.20. The van der Waals surface area contributed by atoms with Gasteiger partial charge < -0.3 is 24.4 Å². The van der Waals surface area contributed by atoms with Gasteiger partial charge >= 0.3 is 0 Å². The van der Waals surface area contributed by atoms with Gasteiger partial charge in [-0.15, -0.1) is 10.2 Å². The first-order valence-corrected chi connectivity index (χ1v) is 11.4. The monoisotopic (exact) mass is 426 g/mol. The average molecular weight is 427 g/mol. The van der Waals surface area contributed by atoms with E-state index in [9.17, 15) is 0 Å². The second kappa shape index (κ2) is 10.3. The molecule has 0 radical (unpaired) electrons. The first-order valence-electron chi connectivity index (χ1n) is 11.4. The Kier molecular flexibility index (Phi) is 7.25. The van der Waals surface area contributed by atoms with Crippen LogP contribution in [0.2, 0.25) is 0 Å². The number of hydrogen-bond acceptors (Lipinski definition) is 7. The highest BCUT2D eigenvalue weighted by Gasteiger charge is 2.25. The maximum absolute atomic E-state index is 5.94. The Morgan fingerprint density at radius 2 is 1.97 bits per heavy atom. The number of ether oxygens (including phenoxy) is 3. The molecule has 7 heteroatoms. The predicted molar refractivity (Wildman–Crippen MR) is 122 cm³/mol. The van der Waals surface area contributed by atoms with Crippen LogP contribution in [0, 0.1) is 0 Å². The number of methoxy groups -OCH3 is 1. The van der Waals surface area contributed by atoms with E-state index in [4.69, 9.17) is 19.3 Å². The van der Waals surface area contributed by atoms with Crippen LogP contribution < -0.4 is 14.8 Å². The molecule has 2 aliphatic rings. The Labute approximate surface area is 185 Å². The molecule has 0 spiro atoms. The van der Waals surface area contributed by atoms with Gasteiger partial charge in [-0.05, 0) is 76.7 Å². The number of fused-ring (bicyclic) bond motifs is 1. The number of piperidine rings is 1. The molecule has 2 heterocycles. The van der Waals surface area contributed by atoms with Crippen LogP contribution in [-0.2, 0) is 17.6 Å². The lowest BCUT2D eigenvalue weighted by atomic mass is 9.89. The summed E-state index contributed by atoms with van der Waals surface area (Å²) in [5.74, 6) is 2.42. The highest BCUT2D eigenvalue weighted by molar-refractivity contribution is 5.74. The maximum atomic E-state index is 5.94. The fourth-order valence-corrected chi connectivity index (χ4v) is 4.59. The van der Waals surface area contributed by atoms with Crippen LogP contribution in [0.15, 0.2) is 18.2 Å². The van der Waals surface area contributed by atoms with Crippen LogP contribution >= 0.6 is 0 Å². The zero-order valence-corrected chi connectivity index (χ0v) is 18.9. The molecule has 1 N–H and O–H groups in total. The van der Waals surface area contributed by atoms with Gasteiger partial charge in [0.1, 0.15) is 17.2 Å². The average Bonchev–Trinajstić information content (AvgIpc) is 2.80. The number of rotatable bonds is 8. The zero-order valence-electron chi connectivity index (χ0n) is 18.9. The van der Waals surface area contributed by atoms with Gasteiger partial charge in [0.2, 0.25) is 0 Å². The number of benzene rings is 1. The van der Waals surface area contributed by atoms with Crippen molar-refractivity contribution < 1.29 is 14.2 Å². The van der Waals surface area contributed by atoms with Gasteiger partial charge in [-0.2, -0.15) is 0 Å². The van der Waals surface area contributed by atoms with Gasteiger partial charge in [0.15, 0.2) is 12.6 Å². The first kappa shape index (κ1) is 21.8. The summed E-state index contributed by atoms with van der Waals surface area (Å²) >= 11 is 0. The summed E-state index contributed by atoms with van der Waals surface area (Å²) in [6, 6.07) is 6.29. The minimum Gasteiger partial charge on any atom is -0.497 e. The molecule has 1 saturated heterocycles. The molecular formula is C24H34N4O3. The molecule has 0 unspecified atom stereocenters. The zero-order chi connectivity index (χ0) is 21.6. The summed E-state index contributed by atoms with van der Waals surface area (Å²) in [6.45, 7) is 4.97. The van der Waals surface area contributed by atoms with Crippen LogP contribution in [0.1, 0.15) is 43.7 Å². The van der Waals surface area contributed by atoms with Crippen LogP contribution in [0.3, 0.4) is 0 Å². The van der Waals surface area contributed by atoms with E-state index in [0.29, 0.717) is 18.4 Å². The summed E-state index contributed by atoms with van der Waals surface area (Å²) in [5, 5.41) is 13.1. The third-order valence-corrected chi connectivity index (χ3v) is 6.20. The quantitative estimate of drug-likeness (QED) is 0.507. The van der Waals surface area contributed by atoms with Crippen molar-refractivity contribution >= 4 is 5.82 Å². The second-order valence-electron chi connectivity index (χ2n) is 8.42. The number of nitrogens with one attached hydrogen (secondary N) is 1. The van der Waals surface area contributed by atoms with E-state index in [1.807, 2.05) is 25.1 Å². The van der Waals surface area contributed by atoms with Crippen molar-refractivity contribution in [1.82, 2.24) is 15.1 Å². The lowest BCUT2D eigenvalue weighted by Gasteiger charge is -2.31. The van der Waals surface area contributed by atoms with E-state index in [1.54, 1.807) is 7.11 Å². The number of nitrogens with zero attached hydrogens (tertiary/aromatic N) is 3. The smallest absolute Gasteiger partial charge is 0.189 e. The van der Waals surface area contributed by atoms with Crippen molar-refractivity contribution in [2.45, 2.75) is 51.5 Å². The molecule has 168 valence electrons. The molecule has 2 aromatic rings. The van der Waals surface area contributed by atoms with Gasteiger partial charge in [-0.25, -0.2) is 0 Å². The van der Waals surface area contributed by atoms with Crippen LogP contribution in [-0.4, -0.2) is 61.8 Å². The normalized spacial score (nSPS) is 19.0. The number of aromatic nitrogens is 2. The summed E-state index contributed by atoms with van der Waals surface area (Å²) in [6.07, 6.45) is 6.80. The van der Waals surface area contributed by atoms with Crippen molar-refractivity contribution in [3.05, 3.63) is 29.3 Å². The Hall–Kier alpha value is -2.38. The molecule has 1 fully saturated rings. The number of likely N-dealkylation sites (N-methyl/N-ethyl adjacent to an activating group) is 1. The van der Waals surface area contributed by atoms with Gasteiger partial charge in [-0.1, -0.05) is 0 Å². The summed E-state index contributed by atoms with van der Waals surface area (Å²) in [5.41, 5.74) is 4.46. The number of hydrogen-bond donors (Lipinski definition) is 1. The van der Waals surface area contributed by atoms with Crippen molar-refractivity contribution in [3.8, 4) is 22.8 Å². The predicted octanol–water partition coefficient (Wildman–Crippen LogP) is 3.91. The van der Waals surface area contributed by atoms with Crippen LogP contribution in [0.4, 0.5) is 5.82 Å². The number of anilines is 1. The molecule has 1 atom stereocenters. The molecule has 1 aliphatic heterocycles. The van der Waals surface area contributed by atoms with E-state index in [-0.39, 0.29) is 6.79 Å². The molecule has 1 aliphatic carbocycles. The maximum Gasteiger partial charge on any atom is 0.189 e. The molecule has 1 aromatic carbocycles. The van der Waals surface area contributed by atoms with Gasteiger partial charge in [0, 0.05) is 36.4 Å². The Morgan fingerprint density at radius 3 is 2.74 bits per heavy atom. The molecule has 31 heavy (non-hydrogen) atoms. The highest BCUT2D eigenvalue weighted by atomic mass is 16.7. The summed E-state index contributed by atoms with van der Waals surface area (Å²) < 4.78 is 16.8. The Balaban J connectivity index is 1.67. The standard InChI is InChI=1S/C24H34N4O3/c1-4-30-16-31-22-14-18(29-3)11-12-21(22)23-19-9-5-6-10-20(19)24(27-26-23)25-17-8-7-13-28(2)15-17/h11-12,14,17H,4-10,13,15-16H2,1-3H3,(H,25,27)/t17-/m1/s1. The van der Waals surface area contributed by atoms with Crippen molar-refractivity contribution in [2.24, 2.45) is 0 Å². The molecule has 0 saturated carbocycles. The molecule has 4 rings (SSSR count). The topological polar surface area (TPSA) is 68.7 Å². The van der Waals surface area contributed by atoms with Crippen LogP contribution in [0.5, 0.6) is 11.5 Å². The van der Waals surface area contributed by atoms with Gasteiger partial charge in [-0.3, -0.25) is 0 Å². The third kappa shape index (κ3) is 5.10. The minimum atomic E-state index is 0.196. The SMILES string of the molecule is CCOCOc1cc(OC)ccc1-c1nnc(N[C@@H]2CCCN(C)C2)c2c1CCCC2.